The number of ether oxygens (including phenoxy) is 1. The van der Waals surface area contributed by atoms with Crippen LogP contribution in [0.15, 0.2) is 91.3 Å². The molecule has 0 radical (unpaired) electrons. The van der Waals surface area contributed by atoms with Gasteiger partial charge in [-0.05, 0) is 66.2 Å². The molecule has 0 aliphatic heterocycles. The number of nitrogens with one attached hydrogen (secondary N) is 1. The van der Waals surface area contributed by atoms with Crippen LogP contribution >= 0.6 is 0 Å². The van der Waals surface area contributed by atoms with E-state index in [1.54, 1.807) is 59.4 Å². The highest BCUT2D eigenvalue weighted by atomic mass is 16.5. The number of carbonyl (C=O) groups is 2. The van der Waals surface area contributed by atoms with E-state index in [-0.39, 0.29) is 5.91 Å². The van der Waals surface area contributed by atoms with Gasteiger partial charge < -0.3 is 15.8 Å². The van der Waals surface area contributed by atoms with Gasteiger partial charge in [-0.2, -0.15) is 5.10 Å². The normalized spacial score (nSPS) is 10.5. The lowest BCUT2D eigenvalue weighted by atomic mass is 10.1. The molecule has 1 heterocycles. The summed E-state index contributed by atoms with van der Waals surface area (Å²) >= 11 is 0. The molecule has 2 amide bonds. The van der Waals surface area contributed by atoms with Crippen LogP contribution in [0.25, 0.3) is 5.69 Å². The molecule has 4 rings (SSSR count). The van der Waals surface area contributed by atoms with Gasteiger partial charge in [0.2, 0.25) is 5.91 Å². The first kappa shape index (κ1) is 19.9. The van der Waals surface area contributed by atoms with Crippen molar-refractivity contribution < 1.29 is 14.3 Å². The molecule has 0 aliphatic carbocycles. The quantitative estimate of drug-likeness (QED) is 0.483. The Kier molecular flexibility index (Phi) is 5.75. The number of nitrogens with zero attached hydrogens (tertiary/aromatic N) is 2. The first-order valence-corrected chi connectivity index (χ1v) is 9.64. The summed E-state index contributed by atoms with van der Waals surface area (Å²) in [5.74, 6) is 0.464. The molecule has 4 aromatic rings. The van der Waals surface area contributed by atoms with E-state index in [0.717, 1.165) is 11.3 Å². The highest BCUT2D eigenvalue weighted by Crippen LogP contribution is 2.22. The van der Waals surface area contributed by atoms with Gasteiger partial charge in [0.05, 0.1) is 5.69 Å². The van der Waals surface area contributed by atoms with Gasteiger partial charge in [-0.25, -0.2) is 4.68 Å². The van der Waals surface area contributed by atoms with Crippen LogP contribution in [0, 0.1) is 0 Å². The predicted octanol–water partition coefficient (Wildman–Crippen LogP) is 3.69. The van der Waals surface area contributed by atoms with E-state index in [0.29, 0.717) is 29.2 Å². The third-order valence-corrected chi connectivity index (χ3v) is 4.67. The van der Waals surface area contributed by atoms with Crippen LogP contribution in [0.1, 0.15) is 26.3 Å². The minimum absolute atomic E-state index is 0.187. The van der Waals surface area contributed by atoms with Crippen LogP contribution in [0.2, 0.25) is 0 Å². The monoisotopic (exact) mass is 412 g/mol. The second-order valence-corrected chi connectivity index (χ2v) is 6.78. The molecule has 0 unspecified atom stereocenters. The number of primary amides is 1. The van der Waals surface area contributed by atoms with E-state index in [1.807, 2.05) is 36.5 Å². The number of nitrogens with two attached hydrogens (primary N) is 1. The van der Waals surface area contributed by atoms with Gasteiger partial charge in [-0.15, -0.1) is 0 Å². The van der Waals surface area contributed by atoms with Crippen molar-refractivity contribution in [3.8, 4) is 17.2 Å². The maximum absolute atomic E-state index is 12.6. The molecule has 7 nitrogen and oxygen atoms in total. The van der Waals surface area contributed by atoms with Gasteiger partial charge in [0.1, 0.15) is 11.5 Å². The summed E-state index contributed by atoms with van der Waals surface area (Å²) in [4.78, 5) is 23.7. The van der Waals surface area contributed by atoms with Gasteiger partial charge in [0.25, 0.3) is 5.91 Å². The number of hydrogen-bond donors (Lipinski definition) is 2. The Morgan fingerprint density at radius 3 is 2.13 bits per heavy atom. The zero-order valence-corrected chi connectivity index (χ0v) is 16.6. The molecule has 3 aromatic carbocycles. The average molecular weight is 412 g/mol. The number of amides is 2. The number of hydrogen-bond acceptors (Lipinski definition) is 4. The third kappa shape index (κ3) is 4.79. The van der Waals surface area contributed by atoms with Crippen molar-refractivity contribution >= 4 is 11.8 Å². The van der Waals surface area contributed by atoms with Crippen LogP contribution in [-0.2, 0) is 6.54 Å². The topological polar surface area (TPSA) is 99.2 Å². The summed E-state index contributed by atoms with van der Waals surface area (Å²) in [5, 5.41) is 7.20. The third-order valence-electron chi connectivity index (χ3n) is 4.67. The smallest absolute Gasteiger partial charge is 0.251 e. The SMILES string of the molecule is NC(=O)c1ccc(Oc2ccc(C(=O)NCc3ccccc3-n3cccn3)cc2)cc1. The van der Waals surface area contributed by atoms with E-state index in [9.17, 15) is 9.59 Å². The first-order valence-electron chi connectivity index (χ1n) is 9.64. The highest BCUT2D eigenvalue weighted by Gasteiger charge is 2.09. The van der Waals surface area contributed by atoms with E-state index in [1.165, 1.54) is 0 Å². The fourth-order valence-electron chi connectivity index (χ4n) is 3.07. The molecule has 0 atom stereocenters. The molecule has 3 N–H and O–H groups in total. The predicted molar refractivity (Wildman–Crippen MR) is 116 cm³/mol. The van der Waals surface area contributed by atoms with Crippen molar-refractivity contribution in [3.63, 3.8) is 0 Å². The summed E-state index contributed by atoms with van der Waals surface area (Å²) in [6.07, 6.45) is 3.58. The zero-order valence-electron chi connectivity index (χ0n) is 16.6. The Hall–Kier alpha value is -4.39. The summed E-state index contributed by atoms with van der Waals surface area (Å²) in [6, 6.07) is 23.0. The second-order valence-electron chi connectivity index (χ2n) is 6.78. The van der Waals surface area contributed by atoms with Crippen molar-refractivity contribution in [3.05, 3.63) is 108 Å². The van der Waals surface area contributed by atoms with E-state index < -0.39 is 5.91 Å². The summed E-state index contributed by atoms with van der Waals surface area (Å²) in [7, 11) is 0. The van der Waals surface area contributed by atoms with Crippen molar-refractivity contribution in [2.45, 2.75) is 6.54 Å². The second kappa shape index (κ2) is 8.96. The molecule has 31 heavy (non-hydrogen) atoms. The Morgan fingerprint density at radius 1 is 0.871 bits per heavy atom. The van der Waals surface area contributed by atoms with Crippen LogP contribution in [-0.4, -0.2) is 21.6 Å². The molecule has 0 saturated heterocycles. The van der Waals surface area contributed by atoms with Crippen molar-refractivity contribution in [1.82, 2.24) is 15.1 Å². The molecule has 154 valence electrons. The molecule has 1 aromatic heterocycles. The minimum atomic E-state index is -0.492. The lowest BCUT2D eigenvalue weighted by molar-refractivity contribution is 0.0949. The maximum Gasteiger partial charge on any atom is 0.251 e. The maximum atomic E-state index is 12.6. The average Bonchev–Trinajstić information content (AvgIpc) is 3.33. The summed E-state index contributed by atoms with van der Waals surface area (Å²) < 4.78 is 7.51. The molecule has 7 heteroatoms. The van der Waals surface area contributed by atoms with Crippen molar-refractivity contribution in [1.29, 1.82) is 0 Å². The Bertz CT molecular complexity index is 1180. The summed E-state index contributed by atoms with van der Waals surface area (Å²) in [5.41, 5.74) is 8.04. The lowest BCUT2D eigenvalue weighted by Gasteiger charge is -2.11. The molecular formula is C24H20N4O3. The van der Waals surface area contributed by atoms with Crippen LogP contribution in [0.5, 0.6) is 11.5 Å². The van der Waals surface area contributed by atoms with Gasteiger partial charge >= 0.3 is 0 Å². The number of para-hydroxylation sites is 1. The number of aromatic nitrogens is 2. The van der Waals surface area contributed by atoms with E-state index in [4.69, 9.17) is 10.5 Å². The van der Waals surface area contributed by atoms with Gasteiger partial charge in [-0.3, -0.25) is 9.59 Å². The standard InChI is InChI=1S/C24H20N4O3/c25-23(29)17-6-10-20(11-7-17)31-21-12-8-18(9-13-21)24(30)26-16-19-4-1-2-5-22(19)28-15-3-14-27-28/h1-15H,16H2,(H2,25,29)(H,26,30). The van der Waals surface area contributed by atoms with Gasteiger partial charge in [-0.1, -0.05) is 18.2 Å². The van der Waals surface area contributed by atoms with Crippen molar-refractivity contribution in [2.75, 3.05) is 0 Å². The van der Waals surface area contributed by atoms with E-state index >= 15 is 0 Å². The summed E-state index contributed by atoms with van der Waals surface area (Å²) in [6.45, 7) is 0.374. The molecule has 0 aliphatic rings. The van der Waals surface area contributed by atoms with Crippen LogP contribution in [0.3, 0.4) is 0 Å². The van der Waals surface area contributed by atoms with E-state index in [2.05, 4.69) is 10.4 Å². The number of carbonyl (C=O) groups excluding carboxylic acids is 2. The largest absolute Gasteiger partial charge is 0.457 e. The fourth-order valence-corrected chi connectivity index (χ4v) is 3.07. The Balaban J connectivity index is 1.38. The van der Waals surface area contributed by atoms with Crippen LogP contribution in [0.4, 0.5) is 0 Å². The molecule has 0 fully saturated rings. The molecular weight excluding hydrogens is 392 g/mol. The Morgan fingerprint density at radius 2 is 1.52 bits per heavy atom. The van der Waals surface area contributed by atoms with Crippen LogP contribution < -0.4 is 15.8 Å². The zero-order chi connectivity index (χ0) is 21.6. The van der Waals surface area contributed by atoms with Crippen molar-refractivity contribution in [2.24, 2.45) is 5.73 Å². The lowest BCUT2D eigenvalue weighted by Crippen LogP contribution is -2.23. The minimum Gasteiger partial charge on any atom is -0.457 e. The Labute approximate surface area is 179 Å². The van der Waals surface area contributed by atoms with Gasteiger partial charge in [0.15, 0.2) is 0 Å². The molecule has 0 bridgehead atoms. The number of benzene rings is 3. The molecule has 0 saturated carbocycles. The fraction of sp³-hybridized carbons (Fsp3) is 0.0417. The first-order chi connectivity index (χ1) is 15.1. The number of rotatable bonds is 7. The van der Waals surface area contributed by atoms with Gasteiger partial charge in [0, 0.05) is 30.1 Å². The molecule has 0 spiro atoms. The highest BCUT2D eigenvalue weighted by molar-refractivity contribution is 5.94.